The number of anilines is 1. The van der Waals surface area contributed by atoms with E-state index in [0.29, 0.717) is 12.3 Å². The first-order chi connectivity index (χ1) is 8.66. The second kappa shape index (κ2) is 5.89. The first-order valence-electron chi connectivity index (χ1n) is 6.78. The minimum atomic E-state index is 0.268. The predicted molar refractivity (Wildman–Crippen MR) is 74.2 cm³/mol. The van der Waals surface area contributed by atoms with Crippen molar-refractivity contribution in [2.45, 2.75) is 32.6 Å². The minimum Gasteiger partial charge on any atom is -0.399 e. The van der Waals surface area contributed by atoms with Gasteiger partial charge in [0.2, 0.25) is 5.91 Å². The molecule has 1 atom stereocenters. The van der Waals surface area contributed by atoms with Crippen LogP contribution in [0.4, 0.5) is 5.69 Å². The third-order valence-corrected chi connectivity index (χ3v) is 3.67. The number of nitrogens with zero attached hydrogens (tertiary/aromatic N) is 1. The molecule has 1 unspecified atom stereocenters. The van der Waals surface area contributed by atoms with Crippen molar-refractivity contribution < 1.29 is 4.79 Å². The summed E-state index contributed by atoms with van der Waals surface area (Å²) in [6.07, 6.45) is 3.70. The van der Waals surface area contributed by atoms with Crippen LogP contribution >= 0.6 is 0 Å². The van der Waals surface area contributed by atoms with Crippen molar-refractivity contribution >= 4 is 11.6 Å². The molecule has 18 heavy (non-hydrogen) atoms. The monoisotopic (exact) mass is 246 g/mol. The lowest BCUT2D eigenvalue weighted by Crippen LogP contribution is -2.39. The number of hydrogen-bond acceptors (Lipinski definition) is 2. The molecule has 0 radical (unpaired) electrons. The molecule has 1 saturated heterocycles. The predicted octanol–water partition coefficient (Wildman–Crippen LogP) is 2.46. The van der Waals surface area contributed by atoms with Crippen molar-refractivity contribution in [1.82, 2.24) is 4.90 Å². The van der Waals surface area contributed by atoms with E-state index in [1.165, 1.54) is 6.42 Å². The Labute approximate surface area is 109 Å². The molecule has 1 heterocycles. The summed E-state index contributed by atoms with van der Waals surface area (Å²) in [6, 6.07) is 7.79. The molecule has 98 valence electrons. The van der Waals surface area contributed by atoms with E-state index in [1.54, 1.807) is 0 Å². The average Bonchev–Trinajstić information content (AvgIpc) is 2.37. The fraction of sp³-hybridized carbons (Fsp3) is 0.533. The van der Waals surface area contributed by atoms with Gasteiger partial charge in [-0.25, -0.2) is 0 Å². The van der Waals surface area contributed by atoms with Gasteiger partial charge in [-0.2, -0.15) is 0 Å². The fourth-order valence-electron chi connectivity index (χ4n) is 2.58. The van der Waals surface area contributed by atoms with Crippen LogP contribution in [0.25, 0.3) is 0 Å². The molecule has 1 aromatic rings. The van der Waals surface area contributed by atoms with E-state index in [2.05, 4.69) is 6.92 Å². The molecule has 1 fully saturated rings. The summed E-state index contributed by atoms with van der Waals surface area (Å²) >= 11 is 0. The second-order valence-corrected chi connectivity index (χ2v) is 5.29. The molecule has 0 aliphatic carbocycles. The SMILES string of the molecule is CC1CCCN(C(=O)CCc2ccccc2N)C1. The first kappa shape index (κ1) is 12.9. The smallest absolute Gasteiger partial charge is 0.222 e. The summed E-state index contributed by atoms with van der Waals surface area (Å²) in [4.78, 5) is 14.1. The van der Waals surface area contributed by atoms with Crippen LogP contribution in [0, 0.1) is 5.92 Å². The molecular weight excluding hydrogens is 224 g/mol. The second-order valence-electron chi connectivity index (χ2n) is 5.29. The van der Waals surface area contributed by atoms with E-state index in [4.69, 9.17) is 5.73 Å². The number of amides is 1. The molecular formula is C15H22N2O. The van der Waals surface area contributed by atoms with Crippen LogP contribution < -0.4 is 5.73 Å². The molecule has 0 bridgehead atoms. The molecule has 3 nitrogen and oxygen atoms in total. The van der Waals surface area contributed by atoms with Gasteiger partial charge in [0, 0.05) is 25.2 Å². The lowest BCUT2D eigenvalue weighted by molar-refractivity contribution is -0.132. The number of piperidine rings is 1. The molecule has 1 amide bonds. The van der Waals surface area contributed by atoms with E-state index in [-0.39, 0.29) is 5.91 Å². The summed E-state index contributed by atoms with van der Waals surface area (Å²) in [6.45, 7) is 4.06. The van der Waals surface area contributed by atoms with Gasteiger partial charge < -0.3 is 10.6 Å². The lowest BCUT2D eigenvalue weighted by atomic mass is 9.99. The maximum Gasteiger partial charge on any atom is 0.222 e. The first-order valence-corrected chi connectivity index (χ1v) is 6.78. The van der Waals surface area contributed by atoms with Gasteiger partial charge in [0.05, 0.1) is 0 Å². The van der Waals surface area contributed by atoms with Gasteiger partial charge in [-0.1, -0.05) is 25.1 Å². The Bertz CT molecular complexity index is 417. The average molecular weight is 246 g/mol. The molecule has 0 saturated carbocycles. The Morgan fingerprint density at radius 1 is 1.44 bits per heavy atom. The minimum absolute atomic E-state index is 0.268. The van der Waals surface area contributed by atoms with Crippen LogP contribution in [0.15, 0.2) is 24.3 Å². The highest BCUT2D eigenvalue weighted by atomic mass is 16.2. The van der Waals surface area contributed by atoms with E-state index in [0.717, 1.165) is 37.2 Å². The Morgan fingerprint density at radius 2 is 2.22 bits per heavy atom. The van der Waals surface area contributed by atoms with Crippen LogP contribution in [-0.4, -0.2) is 23.9 Å². The van der Waals surface area contributed by atoms with Gasteiger partial charge in [-0.15, -0.1) is 0 Å². The third-order valence-electron chi connectivity index (χ3n) is 3.67. The van der Waals surface area contributed by atoms with Crippen molar-refractivity contribution in [2.24, 2.45) is 5.92 Å². The van der Waals surface area contributed by atoms with Gasteiger partial charge in [0.15, 0.2) is 0 Å². The Hall–Kier alpha value is -1.51. The van der Waals surface area contributed by atoms with E-state index >= 15 is 0 Å². The summed E-state index contributed by atoms with van der Waals surface area (Å²) in [5.74, 6) is 0.911. The van der Waals surface area contributed by atoms with Crippen molar-refractivity contribution in [3.8, 4) is 0 Å². The highest BCUT2D eigenvalue weighted by molar-refractivity contribution is 5.76. The maximum absolute atomic E-state index is 12.1. The van der Waals surface area contributed by atoms with Gasteiger partial charge >= 0.3 is 0 Å². The molecule has 3 heteroatoms. The fourth-order valence-corrected chi connectivity index (χ4v) is 2.58. The number of para-hydroxylation sites is 1. The zero-order valence-electron chi connectivity index (χ0n) is 11.1. The highest BCUT2D eigenvalue weighted by Gasteiger charge is 2.20. The molecule has 0 spiro atoms. The van der Waals surface area contributed by atoms with E-state index in [1.807, 2.05) is 29.2 Å². The topological polar surface area (TPSA) is 46.3 Å². The van der Waals surface area contributed by atoms with E-state index in [9.17, 15) is 4.79 Å². The van der Waals surface area contributed by atoms with Crippen molar-refractivity contribution in [3.63, 3.8) is 0 Å². The van der Waals surface area contributed by atoms with Gasteiger partial charge in [0.1, 0.15) is 0 Å². The number of likely N-dealkylation sites (tertiary alicyclic amines) is 1. The van der Waals surface area contributed by atoms with Crippen molar-refractivity contribution in [1.29, 1.82) is 0 Å². The number of nitrogens with two attached hydrogens (primary N) is 1. The zero-order valence-corrected chi connectivity index (χ0v) is 11.1. The van der Waals surface area contributed by atoms with E-state index < -0.39 is 0 Å². The lowest BCUT2D eigenvalue weighted by Gasteiger charge is -2.31. The molecule has 2 N–H and O–H groups in total. The van der Waals surface area contributed by atoms with Gasteiger partial charge in [-0.05, 0) is 36.8 Å². The van der Waals surface area contributed by atoms with Crippen LogP contribution in [0.2, 0.25) is 0 Å². The number of nitrogen functional groups attached to an aromatic ring is 1. The summed E-state index contributed by atoms with van der Waals surface area (Å²) in [7, 11) is 0. The highest BCUT2D eigenvalue weighted by Crippen LogP contribution is 2.18. The molecule has 1 aliphatic rings. The summed E-state index contributed by atoms with van der Waals surface area (Å²) in [5, 5.41) is 0. The third kappa shape index (κ3) is 3.25. The molecule has 2 rings (SSSR count). The number of aryl methyl sites for hydroxylation is 1. The van der Waals surface area contributed by atoms with Crippen LogP contribution in [-0.2, 0) is 11.2 Å². The standard InChI is InChI=1S/C15H22N2O/c1-12-5-4-10-17(11-12)15(18)9-8-13-6-2-3-7-14(13)16/h2-3,6-7,12H,4-5,8-11,16H2,1H3. The number of benzene rings is 1. The maximum atomic E-state index is 12.1. The Balaban J connectivity index is 1.86. The largest absolute Gasteiger partial charge is 0.399 e. The summed E-state index contributed by atoms with van der Waals surface area (Å²) in [5.41, 5.74) is 7.75. The number of carbonyl (C=O) groups excluding carboxylic acids is 1. The van der Waals surface area contributed by atoms with Crippen molar-refractivity contribution in [2.75, 3.05) is 18.8 Å². The number of rotatable bonds is 3. The molecule has 1 aromatic carbocycles. The summed E-state index contributed by atoms with van der Waals surface area (Å²) < 4.78 is 0. The number of hydrogen-bond donors (Lipinski definition) is 1. The zero-order chi connectivity index (χ0) is 13.0. The van der Waals surface area contributed by atoms with Crippen molar-refractivity contribution in [3.05, 3.63) is 29.8 Å². The molecule has 0 aromatic heterocycles. The van der Waals surface area contributed by atoms with Crippen LogP contribution in [0.3, 0.4) is 0 Å². The number of carbonyl (C=O) groups is 1. The van der Waals surface area contributed by atoms with Crippen LogP contribution in [0.5, 0.6) is 0 Å². The Kier molecular flexibility index (Phi) is 4.24. The quantitative estimate of drug-likeness (QED) is 0.833. The molecule has 1 aliphatic heterocycles. The van der Waals surface area contributed by atoms with Crippen LogP contribution in [0.1, 0.15) is 31.7 Å². The van der Waals surface area contributed by atoms with Gasteiger partial charge in [0.25, 0.3) is 0 Å². The van der Waals surface area contributed by atoms with Gasteiger partial charge in [-0.3, -0.25) is 4.79 Å². The normalized spacial score (nSPS) is 19.8. The Morgan fingerprint density at radius 3 is 2.94 bits per heavy atom.